The fourth-order valence-electron chi connectivity index (χ4n) is 8.82. The maximum absolute atomic E-state index is 14.0. The van der Waals surface area contributed by atoms with E-state index < -0.39 is 55.4 Å². The number of alkyl halides is 3. The van der Waals surface area contributed by atoms with Gasteiger partial charge in [0.2, 0.25) is 0 Å². The smallest absolute Gasteiger partial charge is 0.416 e. The van der Waals surface area contributed by atoms with E-state index in [4.69, 9.17) is 25.8 Å². The molecule has 0 spiro atoms. The molecular formula is C47H50ClF3N8O9S. The molecule has 4 heterocycles. The van der Waals surface area contributed by atoms with Crippen molar-refractivity contribution < 1.29 is 50.3 Å². The molecule has 8 rings (SSSR count). The fraction of sp³-hybridized carbons (Fsp3) is 0.383. The molecule has 3 N–H and O–H groups in total. The number of nitro groups is 1. The van der Waals surface area contributed by atoms with E-state index >= 15 is 0 Å². The van der Waals surface area contributed by atoms with Gasteiger partial charge in [-0.2, -0.15) is 13.2 Å². The van der Waals surface area contributed by atoms with Crippen LogP contribution in [0.4, 0.5) is 35.0 Å². The van der Waals surface area contributed by atoms with Crippen molar-refractivity contribution in [1.82, 2.24) is 24.5 Å². The summed E-state index contributed by atoms with van der Waals surface area (Å²) in [6.45, 7) is 8.06. The van der Waals surface area contributed by atoms with Crippen LogP contribution in [0.5, 0.6) is 11.5 Å². The van der Waals surface area contributed by atoms with Crippen molar-refractivity contribution in [1.29, 1.82) is 0 Å². The van der Waals surface area contributed by atoms with Crippen molar-refractivity contribution in [2.24, 2.45) is 5.41 Å². The number of methoxy groups -OCH3 is 1. The molecule has 2 saturated heterocycles. The molecule has 1 unspecified atom stereocenters. The van der Waals surface area contributed by atoms with Crippen LogP contribution in [-0.2, 0) is 25.7 Å². The Morgan fingerprint density at radius 2 is 1.83 bits per heavy atom. The number of hydrogen-bond acceptors (Lipinski definition) is 13. The normalized spacial score (nSPS) is 18.0. The highest BCUT2D eigenvalue weighted by Crippen LogP contribution is 2.46. The van der Waals surface area contributed by atoms with Gasteiger partial charge in [-0.1, -0.05) is 37.1 Å². The molecule has 2 fully saturated rings. The first kappa shape index (κ1) is 49.0. The first-order valence-corrected chi connectivity index (χ1v) is 24.0. The SMILES string of the molecule is COC(=O)N1CCOC(CNc2ccc(S(=O)(=O)NC(=O)c3ccc(N4CCN(CC5=C(c6ccc(C(F)(F)F)cc6Cl)CC(C)(C)CC5)CC4)cc3Oc3cnc4[nH]ccc4c3)cc2[N+](=O)[O-])C1. The summed E-state index contributed by atoms with van der Waals surface area (Å²) in [7, 11) is -3.43. The van der Waals surface area contributed by atoms with Gasteiger partial charge < -0.3 is 34.3 Å². The number of nitro benzene ring substituents is 1. The van der Waals surface area contributed by atoms with Crippen molar-refractivity contribution in [2.75, 3.05) is 76.3 Å². The third-order valence-electron chi connectivity index (χ3n) is 12.6. The summed E-state index contributed by atoms with van der Waals surface area (Å²) in [6.07, 6.45) is -0.0486. The molecule has 5 aromatic rings. The highest BCUT2D eigenvalue weighted by Gasteiger charge is 2.34. The average Bonchev–Trinajstić information content (AvgIpc) is 3.79. The minimum Gasteiger partial charge on any atom is -0.455 e. The number of morpholine rings is 1. The van der Waals surface area contributed by atoms with E-state index in [0.29, 0.717) is 62.6 Å². The van der Waals surface area contributed by atoms with E-state index in [9.17, 15) is 41.3 Å². The van der Waals surface area contributed by atoms with Gasteiger partial charge in [-0.25, -0.2) is 22.9 Å². The van der Waals surface area contributed by atoms with Crippen LogP contribution in [0.15, 0.2) is 89.6 Å². The summed E-state index contributed by atoms with van der Waals surface area (Å²) in [5.41, 5.74) is 2.44. The van der Waals surface area contributed by atoms with Gasteiger partial charge in [-0.3, -0.25) is 19.8 Å². The van der Waals surface area contributed by atoms with Gasteiger partial charge in [-0.15, -0.1) is 0 Å². The molecular weight excluding hydrogens is 945 g/mol. The summed E-state index contributed by atoms with van der Waals surface area (Å²) < 4.78 is 86.8. The minimum absolute atomic E-state index is 0.00730. The Kier molecular flexibility index (Phi) is 14.1. The lowest BCUT2D eigenvalue weighted by Gasteiger charge is -2.39. The molecule has 2 aliphatic heterocycles. The maximum atomic E-state index is 14.0. The Bertz CT molecular complexity index is 2920. The Morgan fingerprint density at radius 1 is 1.04 bits per heavy atom. The van der Waals surface area contributed by atoms with Gasteiger partial charge >= 0.3 is 12.3 Å². The summed E-state index contributed by atoms with van der Waals surface area (Å²) in [5, 5.41) is 15.9. The van der Waals surface area contributed by atoms with E-state index in [1.54, 1.807) is 30.5 Å². The van der Waals surface area contributed by atoms with Crippen LogP contribution in [0.25, 0.3) is 16.6 Å². The van der Waals surface area contributed by atoms with Gasteiger partial charge in [0, 0.05) is 80.2 Å². The number of ether oxygens (including phenoxy) is 3. The molecule has 69 heavy (non-hydrogen) atoms. The molecule has 3 aliphatic rings. The summed E-state index contributed by atoms with van der Waals surface area (Å²) in [4.78, 5) is 50.1. The van der Waals surface area contributed by atoms with E-state index in [2.05, 4.69) is 38.9 Å². The zero-order valence-electron chi connectivity index (χ0n) is 37.9. The zero-order chi connectivity index (χ0) is 49.3. The van der Waals surface area contributed by atoms with Gasteiger partial charge in [0.05, 0.1) is 53.5 Å². The molecule has 1 aliphatic carbocycles. The standard InChI is InChI=1S/C47H50ClF3N8O9S/c1-46(2)12-10-30(38(24-46)36-7-4-31(21-39(36)48)47(49,50)51)27-56-14-16-57(17-15-56)32-5-8-37(42(22-32)68-33-20-29-11-13-52-43(29)54-25-33)44(60)55-69(64,65)35-6-9-40(41(23-35)59(62)63)53-26-34-28-58(18-19-67-34)45(61)66-3/h4-9,11,13,20-23,25,34,53H,10,12,14-19,24,26-28H2,1-3H3,(H,52,54)(H,55,60). The number of rotatable bonds is 13. The number of aromatic amines is 1. The van der Waals surface area contributed by atoms with Crippen molar-refractivity contribution in [3.05, 3.63) is 117 Å². The van der Waals surface area contributed by atoms with E-state index in [-0.39, 0.29) is 52.9 Å². The lowest BCUT2D eigenvalue weighted by atomic mass is 9.72. The molecule has 1 atom stereocenters. The Morgan fingerprint density at radius 3 is 2.55 bits per heavy atom. The number of halogens is 4. The lowest BCUT2D eigenvalue weighted by molar-refractivity contribution is -0.384. The number of sulfonamides is 1. The van der Waals surface area contributed by atoms with Crippen molar-refractivity contribution >= 4 is 67.3 Å². The molecule has 2 aromatic heterocycles. The first-order valence-electron chi connectivity index (χ1n) is 22.1. The van der Waals surface area contributed by atoms with Gasteiger partial charge in [0.15, 0.2) is 0 Å². The summed E-state index contributed by atoms with van der Waals surface area (Å²) in [6, 6.07) is 15.0. The highest BCUT2D eigenvalue weighted by atomic mass is 35.5. The van der Waals surface area contributed by atoms with Crippen LogP contribution >= 0.6 is 11.6 Å². The molecule has 0 saturated carbocycles. The number of carbonyl (C=O) groups excluding carboxylic acids is 2. The Labute approximate surface area is 400 Å². The first-order chi connectivity index (χ1) is 32.8. The van der Waals surface area contributed by atoms with Crippen LogP contribution in [-0.4, -0.2) is 117 Å². The average molecular weight is 995 g/mol. The number of allylic oxidation sites excluding steroid dienone is 1. The van der Waals surface area contributed by atoms with Crippen LogP contribution in [0.2, 0.25) is 5.02 Å². The lowest BCUT2D eigenvalue weighted by Crippen LogP contribution is -2.47. The monoisotopic (exact) mass is 994 g/mol. The number of H-pyrrole nitrogens is 1. The van der Waals surface area contributed by atoms with Crippen LogP contribution in [0.3, 0.4) is 0 Å². The predicted octanol–water partition coefficient (Wildman–Crippen LogP) is 8.72. The number of aromatic nitrogens is 2. The Hall–Kier alpha value is -6.42. The molecule has 2 amide bonds. The topological polar surface area (TPSA) is 202 Å². The number of benzene rings is 3. The van der Waals surface area contributed by atoms with Crippen LogP contribution in [0, 0.1) is 15.5 Å². The third-order valence-corrected chi connectivity index (χ3v) is 14.2. The van der Waals surface area contributed by atoms with E-state index in [1.807, 2.05) is 4.72 Å². The molecule has 0 bridgehead atoms. The Balaban J connectivity index is 0.993. The predicted molar refractivity (Wildman–Crippen MR) is 252 cm³/mol. The molecule has 17 nitrogen and oxygen atoms in total. The van der Waals surface area contributed by atoms with Crippen LogP contribution < -0.4 is 19.7 Å². The number of carbonyl (C=O) groups is 2. The number of amides is 2. The molecule has 3 aromatic carbocycles. The number of fused-ring (bicyclic) bond motifs is 1. The minimum atomic E-state index is -4.69. The molecule has 366 valence electrons. The number of nitrogens with zero attached hydrogens (tertiary/aromatic N) is 5. The molecule has 22 heteroatoms. The van der Waals surface area contributed by atoms with Gasteiger partial charge in [0.1, 0.15) is 22.8 Å². The number of pyridine rings is 1. The molecule has 0 radical (unpaired) electrons. The number of anilines is 2. The number of piperazine rings is 1. The second-order valence-electron chi connectivity index (χ2n) is 17.9. The maximum Gasteiger partial charge on any atom is 0.416 e. The van der Waals surface area contributed by atoms with Crippen molar-refractivity contribution in [3.63, 3.8) is 0 Å². The van der Waals surface area contributed by atoms with Crippen LogP contribution in [0.1, 0.15) is 54.6 Å². The highest BCUT2D eigenvalue weighted by molar-refractivity contribution is 7.90. The zero-order valence-corrected chi connectivity index (χ0v) is 39.5. The van der Waals surface area contributed by atoms with Gasteiger partial charge in [0.25, 0.3) is 21.6 Å². The van der Waals surface area contributed by atoms with E-state index in [0.717, 1.165) is 53.6 Å². The van der Waals surface area contributed by atoms with Gasteiger partial charge in [-0.05, 0) is 84.3 Å². The summed E-state index contributed by atoms with van der Waals surface area (Å²) in [5.74, 6) is -0.766. The van der Waals surface area contributed by atoms with Crippen molar-refractivity contribution in [2.45, 2.75) is 50.3 Å². The fourth-order valence-corrected chi connectivity index (χ4v) is 10.1. The largest absolute Gasteiger partial charge is 0.455 e. The third kappa shape index (κ3) is 11.4. The summed E-state index contributed by atoms with van der Waals surface area (Å²) >= 11 is 6.53. The second-order valence-corrected chi connectivity index (χ2v) is 20.0. The number of hydrogen-bond donors (Lipinski definition) is 3. The van der Waals surface area contributed by atoms with Crippen molar-refractivity contribution in [3.8, 4) is 11.5 Å². The quantitative estimate of drug-likeness (QED) is 0.0748. The number of nitrogens with one attached hydrogen (secondary N) is 3. The van der Waals surface area contributed by atoms with E-state index in [1.165, 1.54) is 36.4 Å². The second kappa shape index (κ2) is 19.9.